The molecule has 5 heteroatoms. The summed E-state index contributed by atoms with van der Waals surface area (Å²) in [4.78, 5) is 4.19. The van der Waals surface area contributed by atoms with Crippen molar-refractivity contribution >= 4 is 31.4 Å². The maximum atomic E-state index is 11.4. The van der Waals surface area contributed by atoms with Crippen molar-refractivity contribution in [3.05, 3.63) is 23.8 Å². The Morgan fingerprint density at radius 2 is 1.88 bits per heavy atom. The van der Waals surface area contributed by atoms with Crippen molar-refractivity contribution in [3.8, 4) is 0 Å². The van der Waals surface area contributed by atoms with E-state index in [0.29, 0.717) is 0 Å². The Balaban J connectivity index is 2.64. The topological polar surface area (TPSA) is 47.0 Å². The quantitative estimate of drug-likeness (QED) is 0.799. The lowest BCUT2D eigenvalue weighted by Crippen LogP contribution is -2.10. The Hall–Kier alpha value is -0.940. The lowest BCUT2D eigenvalue weighted by molar-refractivity contribution is 0.591. The highest BCUT2D eigenvalue weighted by Crippen LogP contribution is 2.30. The summed E-state index contributed by atoms with van der Waals surface area (Å²) in [7, 11) is -3.21. The second kappa shape index (κ2) is 3.78. The fraction of sp³-hybridized carbons (Fsp3) is 0.417. The zero-order chi connectivity index (χ0) is 12.8. The molecule has 0 amide bonds. The van der Waals surface area contributed by atoms with Crippen LogP contribution < -0.4 is 0 Å². The average molecular weight is 269 g/mol. The van der Waals surface area contributed by atoms with E-state index in [-0.39, 0.29) is 9.75 Å². The van der Waals surface area contributed by atoms with Gasteiger partial charge in [0.15, 0.2) is 0 Å². The van der Waals surface area contributed by atoms with Crippen LogP contribution in [0.15, 0.2) is 22.5 Å². The van der Waals surface area contributed by atoms with Crippen molar-refractivity contribution in [2.75, 3.05) is 6.26 Å². The van der Waals surface area contributed by atoms with E-state index >= 15 is 0 Å². The van der Waals surface area contributed by atoms with Crippen molar-refractivity contribution in [1.29, 1.82) is 0 Å². The maximum absolute atomic E-state index is 11.4. The van der Waals surface area contributed by atoms with E-state index in [4.69, 9.17) is 0 Å². The highest BCUT2D eigenvalue weighted by atomic mass is 32.2. The van der Waals surface area contributed by atoms with Gasteiger partial charge in [-0.2, -0.15) is 0 Å². The molecule has 1 aromatic carbocycles. The molecule has 0 saturated carbocycles. The van der Waals surface area contributed by atoms with Crippen LogP contribution in [-0.2, 0) is 15.3 Å². The first-order chi connectivity index (χ1) is 7.68. The number of benzene rings is 1. The summed E-state index contributed by atoms with van der Waals surface area (Å²) in [5.41, 5.74) is 1.97. The van der Waals surface area contributed by atoms with Gasteiger partial charge in [-0.3, -0.25) is 0 Å². The number of sulfone groups is 1. The average Bonchev–Trinajstić information content (AvgIpc) is 2.57. The fourth-order valence-corrected chi connectivity index (χ4v) is 3.35. The van der Waals surface area contributed by atoms with Crippen LogP contribution in [0.4, 0.5) is 0 Å². The lowest BCUT2D eigenvalue weighted by Gasteiger charge is -2.18. The molecule has 0 aliphatic carbocycles. The second-order valence-corrected chi connectivity index (χ2v) is 8.40. The first kappa shape index (κ1) is 12.5. The molecular formula is C12H15NO2S2. The zero-order valence-electron chi connectivity index (χ0n) is 10.3. The van der Waals surface area contributed by atoms with Gasteiger partial charge in [0, 0.05) is 6.26 Å². The molecule has 0 unspecified atom stereocenters. The van der Waals surface area contributed by atoms with Crippen molar-refractivity contribution < 1.29 is 8.42 Å². The van der Waals surface area contributed by atoms with Gasteiger partial charge in [-0.1, -0.05) is 26.8 Å². The first-order valence-electron chi connectivity index (χ1n) is 5.29. The van der Waals surface area contributed by atoms with Crippen LogP contribution in [0.3, 0.4) is 0 Å². The molecule has 0 radical (unpaired) electrons. The van der Waals surface area contributed by atoms with E-state index < -0.39 is 9.84 Å². The molecule has 2 rings (SSSR count). The largest absolute Gasteiger partial charge is 0.225 e. The molecule has 0 bridgehead atoms. The summed E-state index contributed by atoms with van der Waals surface area (Å²) in [6.45, 7) is 6.37. The Bertz CT molecular complexity index is 663. The predicted octanol–water partition coefficient (Wildman–Crippen LogP) is 3.00. The summed E-state index contributed by atoms with van der Waals surface area (Å²) in [6, 6.07) is 5.95. The van der Waals surface area contributed by atoms with Crippen LogP contribution in [0.5, 0.6) is 0 Å². The number of thiazole rings is 1. The Labute approximate surface area is 105 Å². The zero-order valence-corrected chi connectivity index (χ0v) is 11.9. The minimum atomic E-state index is -3.21. The van der Waals surface area contributed by atoms with E-state index in [1.54, 1.807) is 0 Å². The SMILES string of the molecule is CC(C)(C)c1ccc2sc(S(C)(=O)=O)nc2c1. The third kappa shape index (κ3) is 2.50. The minimum absolute atomic E-state index is 0.0447. The highest BCUT2D eigenvalue weighted by molar-refractivity contribution is 7.92. The van der Waals surface area contributed by atoms with Gasteiger partial charge in [0.05, 0.1) is 10.2 Å². The first-order valence-corrected chi connectivity index (χ1v) is 8.00. The monoisotopic (exact) mass is 269 g/mol. The van der Waals surface area contributed by atoms with E-state index in [1.165, 1.54) is 17.6 Å². The van der Waals surface area contributed by atoms with E-state index in [0.717, 1.165) is 15.8 Å². The Morgan fingerprint density at radius 1 is 1.24 bits per heavy atom. The molecule has 17 heavy (non-hydrogen) atoms. The van der Waals surface area contributed by atoms with Gasteiger partial charge < -0.3 is 0 Å². The summed E-state index contributed by atoms with van der Waals surface area (Å²) >= 11 is 1.22. The van der Waals surface area contributed by atoms with E-state index in [1.807, 2.05) is 18.2 Å². The molecular weight excluding hydrogens is 254 g/mol. The van der Waals surface area contributed by atoms with Gasteiger partial charge in [0.2, 0.25) is 14.2 Å². The van der Waals surface area contributed by atoms with Crippen molar-refractivity contribution in [2.45, 2.75) is 30.5 Å². The predicted molar refractivity (Wildman–Crippen MR) is 71.4 cm³/mol. The molecule has 92 valence electrons. The number of fused-ring (bicyclic) bond motifs is 1. The molecule has 0 N–H and O–H groups in total. The molecule has 1 heterocycles. The summed E-state index contributed by atoms with van der Waals surface area (Å²) in [5.74, 6) is 0. The van der Waals surface area contributed by atoms with Crippen LogP contribution in [-0.4, -0.2) is 19.7 Å². The van der Waals surface area contributed by atoms with Crippen LogP contribution in [0.1, 0.15) is 26.3 Å². The third-order valence-corrected chi connectivity index (χ3v) is 5.27. The van der Waals surface area contributed by atoms with Crippen LogP contribution in [0.2, 0.25) is 0 Å². The van der Waals surface area contributed by atoms with Gasteiger partial charge in [0.25, 0.3) is 0 Å². The maximum Gasteiger partial charge on any atom is 0.210 e. The highest BCUT2D eigenvalue weighted by Gasteiger charge is 2.17. The van der Waals surface area contributed by atoms with Crippen molar-refractivity contribution in [1.82, 2.24) is 4.98 Å². The molecule has 0 aliphatic rings. The smallest absolute Gasteiger partial charge is 0.210 e. The van der Waals surface area contributed by atoms with Gasteiger partial charge in [-0.05, 0) is 23.1 Å². The number of rotatable bonds is 1. The molecule has 3 nitrogen and oxygen atoms in total. The van der Waals surface area contributed by atoms with Gasteiger partial charge >= 0.3 is 0 Å². The van der Waals surface area contributed by atoms with Crippen molar-refractivity contribution in [3.63, 3.8) is 0 Å². The number of aromatic nitrogens is 1. The Kier molecular flexibility index (Phi) is 2.78. The molecule has 0 saturated heterocycles. The molecule has 0 fully saturated rings. The van der Waals surface area contributed by atoms with E-state index in [9.17, 15) is 8.42 Å². The molecule has 1 aromatic heterocycles. The van der Waals surface area contributed by atoms with Gasteiger partial charge in [-0.25, -0.2) is 13.4 Å². The summed E-state index contributed by atoms with van der Waals surface area (Å²) in [6.07, 6.45) is 1.19. The van der Waals surface area contributed by atoms with Crippen LogP contribution in [0, 0.1) is 0 Å². The summed E-state index contributed by atoms with van der Waals surface area (Å²) < 4.78 is 24.0. The fourth-order valence-electron chi connectivity index (χ4n) is 1.53. The number of hydrogen-bond donors (Lipinski definition) is 0. The number of nitrogens with zero attached hydrogens (tertiary/aromatic N) is 1. The Morgan fingerprint density at radius 3 is 2.41 bits per heavy atom. The minimum Gasteiger partial charge on any atom is -0.225 e. The van der Waals surface area contributed by atoms with Gasteiger partial charge in [-0.15, -0.1) is 11.3 Å². The lowest BCUT2D eigenvalue weighted by atomic mass is 9.87. The second-order valence-electron chi connectivity index (χ2n) is 5.18. The molecule has 0 aliphatic heterocycles. The van der Waals surface area contributed by atoms with Crippen LogP contribution in [0.25, 0.3) is 10.2 Å². The van der Waals surface area contributed by atoms with E-state index in [2.05, 4.69) is 25.8 Å². The van der Waals surface area contributed by atoms with Crippen LogP contribution >= 0.6 is 11.3 Å². The molecule has 2 aromatic rings. The van der Waals surface area contributed by atoms with Crippen molar-refractivity contribution in [2.24, 2.45) is 0 Å². The molecule has 0 atom stereocenters. The third-order valence-electron chi connectivity index (χ3n) is 2.55. The molecule has 0 spiro atoms. The number of hydrogen-bond acceptors (Lipinski definition) is 4. The normalized spacial score (nSPS) is 13.2. The van der Waals surface area contributed by atoms with Gasteiger partial charge in [0.1, 0.15) is 0 Å². The standard InChI is InChI=1S/C12H15NO2S2/c1-12(2,3)8-5-6-10-9(7-8)13-11(16-10)17(4,14)15/h5-7H,1-4H3. The summed E-state index contributed by atoms with van der Waals surface area (Å²) in [5, 5.41) is 0.